The summed E-state index contributed by atoms with van der Waals surface area (Å²) in [5, 5.41) is 0. The molecule has 1 saturated heterocycles. The van der Waals surface area contributed by atoms with E-state index >= 15 is 0 Å². The van der Waals surface area contributed by atoms with E-state index in [1.54, 1.807) is 21.9 Å². The monoisotopic (exact) mass is 442 g/mol. The summed E-state index contributed by atoms with van der Waals surface area (Å²) in [6.45, 7) is 3.05. The molecule has 2 aliphatic rings. The van der Waals surface area contributed by atoms with Crippen LogP contribution in [-0.2, 0) is 17.8 Å². The molecule has 8 heteroatoms. The SMILES string of the molecule is Cc1nc([C@@H]2CCCN2C(=O)c2ccc(N)nc2)nc2c1CCC(=O)N2Cc1ccccc1. The number of likely N-dealkylation sites (tertiary alicyclic amines) is 1. The Morgan fingerprint density at radius 1 is 1.12 bits per heavy atom. The van der Waals surface area contributed by atoms with Gasteiger partial charge in [0.2, 0.25) is 5.91 Å². The van der Waals surface area contributed by atoms with Crippen LogP contribution in [0.5, 0.6) is 0 Å². The molecule has 2 amide bonds. The second-order valence-electron chi connectivity index (χ2n) is 8.56. The standard InChI is InChI=1S/C25H26N6O2/c1-16-19-10-12-22(32)31(15-17-6-3-2-4-7-17)24(19)29-23(28-16)20-8-5-13-30(20)25(33)18-9-11-21(26)27-14-18/h2-4,6-7,9,11,14,20H,5,8,10,12-13,15H2,1H3,(H2,26,27)/t20-/m0/s1. The first kappa shape index (κ1) is 21.1. The molecule has 3 aromatic rings. The van der Waals surface area contributed by atoms with Crippen molar-refractivity contribution in [1.82, 2.24) is 19.9 Å². The Labute approximate surface area is 192 Å². The lowest BCUT2D eigenvalue weighted by Gasteiger charge is -2.31. The minimum atomic E-state index is -0.241. The minimum absolute atomic E-state index is 0.0581. The van der Waals surface area contributed by atoms with Gasteiger partial charge in [0, 0.05) is 30.4 Å². The highest BCUT2D eigenvalue weighted by molar-refractivity contribution is 5.96. The van der Waals surface area contributed by atoms with Gasteiger partial charge in [-0.15, -0.1) is 0 Å². The van der Waals surface area contributed by atoms with Crippen molar-refractivity contribution < 1.29 is 9.59 Å². The van der Waals surface area contributed by atoms with E-state index in [1.165, 1.54) is 6.20 Å². The Morgan fingerprint density at radius 3 is 2.70 bits per heavy atom. The van der Waals surface area contributed by atoms with Gasteiger partial charge in [0.1, 0.15) is 11.6 Å². The van der Waals surface area contributed by atoms with Crippen LogP contribution >= 0.6 is 0 Å². The van der Waals surface area contributed by atoms with E-state index in [1.807, 2.05) is 37.3 Å². The molecule has 2 N–H and O–H groups in total. The molecule has 8 nitrogen and oxygen atoms in total. The van der Waals surface area contributed by atoms with E-state index in [9.17, 15) is 9.59 Å². The van der Waals surface area contributed by atoms with Gasteiger partial charge in [0.05, 0.1) is 18.2 Å². The van der Waals surface area contributed by atoms with Crippen LogP contribution in [0.4, 0.5) is 11.6 Å². The molecule has 0 bridgehead atoms. The van der Waals surface area contributed by atoms with Gasteiger partial charge in [0.25, 0.3) is 5.91 Å². The summed E-state index contributed by atoms with van der Waals surface area (Å²) in [4.78, 5) is 43.4. The lowest BCUT2D eigenvalue weighted by molar-refractivity contribution is -0.119. The van der Waals surface area contributed by atoms with Gasteiger partial charge in [0.15, 0.2) is 5.82 Å². The Bertz CT molecular complexity index is 1200. The van der Waals surface area contributed by atoms with Crippen molar-refractivity contribution in [3.8, 4) is 0 Å². The maximum atomic E-state index is 13.2. The fourth-order valence-electron chi connectivity index (χ4n) is 4.66. The lowest BCUT2D eigenvalue weighted by atomic mass is 10.0. The van der Waals surface area contributed by atoms with Gasteiger partial charge in [-0.1, -0.05) is 30.3 Å². The fraction of sp³-hybridized carbons (Fsp3) is 0.320. The predicted molar refractivity (Wildman–Crippen MR) is 124 cm³/mol. The number of rotatable bonds is 4. The maximum Gasteiger partial charge on any atom is 0.256 e. The zero-order chi connectivity index (χ0) is 22.9. The minimum Gasteiger partial charge on any atom is -0.384 e. The van der Waals surface area contributed by atoms with Gasteiger partial charge < -0.3 is 10.6 Å². The smallest absolute Gasteiger partial charge is 0.256 e. The fourth-order valence-corrected chi connectivity index (χ4v) is 4.66. The number of anilines is 2. The third kappa shape index (κ3) is 4.04. The van der Waals surface area contributed by atoms with Crippen LogP contribution in [-0.4, -0.2) is 38.2 Å². The Kier molecular flexibility index (Phi) is 5.50. The zero-order valence-corrected chi connectivity index (χ0v) is 18.6. The van der Waals surface area contributed by atoms with Gasteiger partial charge in [-0.05, 0) is 43.9 Å². The molecular formula is C25H26N6O2. The molecule has 0 spiro atoms. The zero-order valence-electron chi connectivity index (χ0n) is 18.6. The van der Waals surface area contributed by atoms with Crippen LogP contribution in [0.1, 0.15) is 58.3 Å². The number of nitrogens with two attached hydrogens (primary N) is 1. The number of aromatic nitrogens is 3. The highest BCUT2D eigenvalue weighted by Gasteiger charge is 2.35. The van der Waals surface area contributed by atoms with Crippen molar-refractivity contribution in [3.05, 3.63) is 76.9 Å². The van der Waals surface area contributed by atoms with Crippen molar-refractivity contribution in [1.29, 1.82) is 0 Å². The number of nitrogens with zero attached hydrogens (tertiary/aromatic N) is 5. The van der Waals surface area contributed by atoms with Crippen molar-refractivity contribution in [2.75, 3.05) is 17.2 Å². The number of carbonyl (C=O) groups excluding carboxylic acids is 2. The number of aryl methyl sites for hydroxylation is 1. The number of hydrogen-bond donors (Lipinski definition) is 1. The first-order valence-corrected chi connectivity index (χ1v) is 11.3. The van der Waals surface area contributed by atoms with Crippen LogP contribution in [0.25, 0.3) is 0 Å². The summed E-state index contributed by atoms with van der Waals surface area (Å²) in [6, 6.07) is 13.0. The second kappa shape index (κ2) is 8.61. The molecule has 1 fully saturated rings. The van der Waals surface area contributed by atoms with Crippen LogP contribution in [0, 0.1) is 6.92 Å². The molecule has 4 heterocycles. The van der Waals surface area contributed by atoms with Crippen LogP contribution in [0.15, 0.2) is 48.7 Å². The van der Waals surface area contributed by atoms with Gasteiger partial charge in [-0.25, -0.2) is 15.0 Å². The average molecular weight is 443 g/mol. The molecule has 168 valence electrons. The highest BCUT2D eigenvalue weighted by atomic mass is 16.2. The normalized spacial score (nSPS) is 17.8. The quantitative estimate of drug-likeness (QED) is 0.665. The molecule has 5 rings (SSSR count). The number of fused-ring (bicyclic) bond motifs is 1. The third-order valence-electron chi connectivity index (χ3n) is 6.38. The number of amides is 2. The number of hydrogen-bond acceptors (Lipinski definition) is 6. The number of nitrogen functional groups attached to an aromatic ring is 1. The molecule has 0 saturated carbocycles. The first-order valence-electron chi connectivity index (χ1n) is 11.3. The van der Waals surface area contributed by atoms with Gasteiger partial charge in [-0.2, -0.15) is 0 Å². The van der Waals surface area contributed by atoms with Gasteiger partial charge >= 0.3 is 0 Å². The Morgan fingerprint density at radius 2 is 1.94 bits per heavy atom. The van der Waals surface area contributed by atoms with E-state index in [0.717, 1.165) is 29.7 Å². The summed E-state index contributed by atoms with van der Waals surface area (Å²) < 4.78 is 0. The van der Waals surface area contributed by atoms with Gasteiger partial charge in [-0.3, -0.25) is 14.5 Å². The number of benzene rings is 1. The van der Waals surface area contributed by atoms with E-state index < -0.39 is 0 Å². The lowest BCUT2D eigenvalue weighted by Crippen LogP contribution is -2.37. The topological polar surface area (TPSA) is 105 Å². The largest absolute Gasteiger partial charge is 0.384 e. The highest BCUT2D eigenvalue weighted by Crippen LogP contribution is 2.35. The number of pyridine rings is 1. The molecule has 2 aliphatic heterocycles. The molecule has 2 aromatic heterocycles. The molecule has 0 radical (unpaired) electrons. The summed E-state index contributed by atoms with van der Waals surface area (Å²) in [7, 11) is 0. The average Bonchev–Trinajstić information content (AvgIpc) is 3.31. The van der Waals surface area contributed by atoms with Crippen molar-refractivity contribution in [2.45, 2.75) is 45.2 Å². The van der Waals surface area contributed by atoms with Crippen LogP contribution in [0.3, 0.4) is 0 Å². The van der Waals surface area contributed by atoms with E-state index in [2.05, 4.69) is 4.98 Å². The molecule has 1 atom stereocenters. The Hall–Kier alpha value is -3.81. The molecule has 1 aromatic carbocycles. The summed E-state index contributed by atoms with van der Waals surface area (Å²) in [6.07, 6.45) is 4.23. The molecule has 0 aliphatic carbocycles. The van der Waals surface area contributed by atoms with Crippen molar-refractivity contribution >= 4 is 23.5 Å². The Balaban J connectivity index is 1.49. The van der Waals surface area contributed by atoms with Crippen molar-refractivity contribution in [3.63, 3.8) is 0 Å². The van der Waals surface area contributed by atoms with E-state index in [4.69, 9.17) is 15.7 Å². The first-order chi connectivity index (χ1) is 16.0. The molecule has 33 heavy (non-hydrogen) atoms. The molecular weight excluding hydrogens is 416 g/mol. The predicted octanol–water partition coefficient (Wildman–Crippen LogP) is 3.22. The number of carbonyl (C=O) groups is 2. The van der Waals surface area contributed by atoms with E-state index in [-0.39, 0.29) is 17.9 Å². The van der Waals surface area contributed by atoms with Crippen LogP contribution in [0.2, 0.25) is 0 Å². The van der Waals surface area contributed by atoms with Crippen LogP contribution < -0.4 is 10.6 Å². The summed E-state index contributed by atoms with van der Waals surface area (Å²) >= 11 is 0. The summed E-state index contributed by atoms with van der Waals surface area (Å²) in [5.41, 5.74) is 9.09. The van der Waals surface area contributed by atoms with E-state index in [0.29, 0.717) is 49.0 Å². The third-order valence-corrected chi connectivity index (χ3v) is 6.38. The summed E-state index contributed by atoms with van der Waals surface area (Å²) in [5.74, 6) is 1.59. The van der Waals surface area contributed by atoms with Crippen molar-refractivity contribution in [2.24, 2.45) is 0 Å². The maximum absolute atomic E-state index is 13.2. The second-order valence-corrected chi connectivity index (χ2v) is 8.56. The molecule has 0 unspecified atom stereocenters.